The number of carbonyl (C=O) groups excluding carboxylic acids is 1. The molecule has 0 aromatic carbocycles. The largest absolute Gasteiger partial charge is 0.480 e. The molecule has 114 valence electrons. The fraction of sp³-hybridized carbons (Fsp3) is 0.867. The number of amides is 1. The minimum atomic E-state index is -0.870. The van der Waals surface area contributed by atoms with Gasteiger partial charge in [-0.15, -0.1) is 0 Å². The number of likely N-dealkylation sites (tertiary alicyclic amines) is 1. The van der Waals surface area contributed by atoms with Gasteiger partial charge in [0.1, 0.15) is 6.04 Å². The zero-order valence-electron chi connectivity index (χ0n) is 12.7. The van der Waals surface area contributed by atoms with Gasteiger partial charge in [-0.3, -0.25) is 4.79 Å². The molecule has 2 saturated heterocycles. The smallest absolute Gasteiger partial charge is 0.326 e. The van der Waals surface area contributed by atoms with Crippen LogP contribution in [0, 0.1) is 11.3 Å². The maximum absolute atomic E-state index is 12.7. The summed E-state index contributed by atoms with van der Waals surface area (Å²) in [6.45, 7) is 7.41. The number of aliphatic carboxylic acids is 1. The molecule has 0 aromatic heterocycles. The van der Waals surface area contributed by atoms with Crippen LogP contribution >= 0.6 is 0 Å². The van der Waals surface area contributed by atoms with Crippen LogP contribution in [0.25, 0.3) is 0 Å². The summed E-state index contributed by atoms with van der Waals surface area (Å²) in [6, 6.07) is -0.354. The monoisotopic (exact) mass is 282 g/mol. The minimum absolute atomic E-state index is 0.0259. The number of carboxylic acids is 1. The summed E-state index contributed by atoms with van der Waals surface area (Å²) in [7, 11) is 0. The fourth-order valence-corrected chi connectivity index (χ4v) is 3.69. The molecule has 0 aliphatic carbocycles. The molecule has 3 atom stereocenters. The first kappa shape index (κ1) is 15.3. The molecular weight excluding hydrogens is 256 g/mol. The van der Waals surface area contributed by atoms with Gasteiger partial charge in [0.25, 0.3) is 0 Å². The Hall–Kier alpha value is -1.10. The second kappa shape index (κ2) is 5.72. The molecule has 2 N–H and O–H groups in total. The molecule has 20 heavy (non-hydrogen) atoms. The molecule has 5 nitrogen and oxygen atoms in total. The van der Waals surface area contributed by atoms with Gasteiger partial charge in [-0.25, -0.2) is 4.79 Å². The minimum Gasteiger partial charge on any atom is -0.480 e. The maximum atomic E-state index is 12.7. The predicted molar refractivity (Wildman–Crippen MR) is 76.3 cm³/mol. The van der Waals surface area contributed by atoms with Crippen LogP contribution in [0.5, 0.6) is 0 Å². The van der Waals surface area contributed by atoms with Crippen molar-refractivity contribution in [1.82, 2.24) is 10.2 Å². The number of rotatable bonds is 2. The van der Waals surface area contributed by atoms with E-state index in [-0.39, 0.29) is 17.2 Å². The van der Waals surface area contributed by atoms with Gasteiger partial charge in [0.15, 0.2) is 0 Å². The molecule has 1 amide bonds. The summed E-state index contributed by atoms with van der Waals surface area (Å²) in [5.74, 6) is -0.856. The molecule has 0 radical (unpaired) electrons. The quantitative estimate of drug-likeness (QED) is 0.805. The summed E-state index contributed by atoms with van der Waals surface area (Å²) in [5, 5.41) is 12.9. The van der Waals surface area contributed by atoms with Crippen LogP contribution in [0.15, 0.2) is 0 Å². The molecule has 5 heteroatoms. The van der Waals surface area contributed by atoms with Crippen molar-refractivity contribution in [3.05, 3.63) is 0 Å². The Labute approximate surface area is 120 Å². The zero-order valence-corrected chi connectivity index (χ0v) is 12.7. The van der Waals surface area contributed by atoms with Crippen molar-refractivity contribution in [2.45, 2.75) is 58.5 Å². The Balaban J connectivity index is 2.16. The number of carboxylic acid groups (broad SMARTS) is 1. The number of hydrogen-bond donors (Lipinski definition) is 2. The number of hydrogen-bond acceptors (Lipinski definition) is 3. The van der Waals surface area contributed by atoms with Crippen LogP contribution in [0.2, 0.25) is 0 Å². The van der Waals surface area contributed by atoms with Crippen molar-refractivity contribution in [3.63, 3.8) is 0 Å². The average Bonchev–Trinajstić information content (AvgIpc) is 2.35. The zero-order chi connectivity index (χ0) is 14.9. The molecule has 0 aromatic rings. The van der Waals surface area contributed by atoms with Crippen molar-refractivity contribution in [2.24, 2.45) is 11.3 Å². The molecule has 2 rings (SSSR count). The van der Waals surface area contributed by atoms with Gasteiger partial charge in [0, 0.05) is 18.5 Å². The van der Waals surface area contributed by atoms with E-state index in [1.165, 1.54) is 0 Å². The van der Waals surface area contributed by atoms with E-state index in [0.29, 0.717) is 12.6 Å². The lowest BCUT2D eigenvalue weighted by Crippen LogP contribution is -2.58. The highest BCUT2D eigenvalue weighted by Gasteiger charge is 2.45. The molecule has 3 unspecified atom stereocenters. The van der Waals surface area contributed by atoms with Gasteiger partial charge in [0.05, 0.1) is 0 Å². The predicted octanol–water partition coefficient (Wildman–Crippen LogP) is 1.48. The van der Waals surface area contributed by atoms with E-state index in [9.17, 15) is 14.7 Å². The molecule has 0 spiro atoms. The standard InChI is InChI=1S/C15H26N2O3/c1-10-9-11(5-7-16-10)13(18)17-8-4-6-15(2,3)12(17)14(19)20/h10-12,16H,4-9H2,1-3H3,(H,19,20). The normalized spacial score (nSPS) is 33.8. The second-order valence-electron chi connectivity index (χ2n) is 6.94. The van der Waals surface area contributed by atoms with Crippen molar-refractivity contribution in [2.75, 3.05) is 13.1 Å². The van der Waals surface area contributed by atoms with E-state index in [1.807, 2.05) is 13.8 Å². The van der Waals surface area contributed by atoms with Gasteiger partial charge < -0.3 is 15.3 Å². The highest BCUT2D eigenvalue weighted by molar-refractivity contribution is 5.86. The second-order valence-corrected chi connectivity index (χ2v) is 6.94. The first-order chi connectivity index (χ1) is 9.33. The Kier molecular flexibility index (Phi) is 4.37. The van der Waals surface area contributed by atoms with Crippen LogP contribution in [0.1, 0.15) is 46.5 Å². The van der Waals surface area contributed by atoms with Gasteiger partial charge >= 0.3 is 5.97 Å². The van der Waals surface area contributed by atoms with E-state index in [0.717, 1.165) is 32.2 Å². The number of piperidine rings is 2. The van der Waals surface area contributed by atoms with Crippen LogP contribution < -0.4 is 5.32 Å². The third-order valence-corrected chi connectivity index (χ3v) is 4.76. The van der Waals surface area contributed by atoms with Gasteiger partial charge in [-0.05, 0) is 44.6 Å². The molecule has 2 fully saturated rings. The third-order valence-electron chi connectivity index (χ3n) is 4.76. The number of nitrogens with one attached hydrogen (secondary N) is 1. The lowest BCUT2D eigenvalue weighted by atomic mass is 9.75. The Morgan fingerprint density at radius 3 is 2.65 bits per heavy atom. The Morgan fingerprint density at radius 2 is 2.05 bits per heavy atom. The van der Waals surface area contributed by atoms with E-state index < -0.39 is 12.0 Å². The molecule has 0 bridgehead atoms. The summed E-state index contributed by atoms with van der Waals surface area (Å²) in [5.41, 5.74) is -0.349. The molecule has 0 saturated carbocycles. The fourth-order valence-electron chi connectivity index (χ4n) is 3.69. The van der Waals surface area contributed by atoms with E-state index in [4.69, 9.17) is 0 Å². The molecule has 2 aliphatic rings. The SMILES string of the molecule is CC1CC(C(=O)N2CCCC(C)(C)C2C(=O)O)CCN1. The van der Waals surface area contributed by atoms with Crippen LogP contribution in [0.3, 0.4) is 0 Å². The van der Waals surface area contributed by atoms with Gasteiger partial charge in [-0.2, -0.15) is 0 Å². The van der Waals surface area contributed by atoms with Crippen molar-refractivity contribution in [3.8, 4) is 0 Å². The maximum Gasteiger partial charge on any atom is 0.326 e. The van der Waals surface area contributed by atoms with Crippen molar-refractivity contribution >= 4 is 11.9 Å². The summed E-state index contributed by atoms with van der Waals surface area (Å²) >= 11 is 0. The molecule has 2 aliphatic heterocycles. The summed E-state index contributed by atoms with van der Waals surface area (Å²) in [6.07, 6.45) is 3.37. The van der Waals surface area contributed by atoms with Crippen LogP contribution in [0.4, 0.5) is 0 Å². The lowest BCUT2D eigenvalue weighted by molar-refractivity contribution is -0.161. The molecular formula is C15H26N2O3. The average molecular weight is 282 g/mol. The topological polar surface area (TPSA) is 69.6 Å². The van der Waals surface area contributed by atoms with Crippen LogP contribution in [-0.2, 0) is 9.59 Å². The van der Waals surface area contributed by atoms with Crippen molar-refractivity contribution in [1.29, 1.82) is 0 Å². The number of carbonyl (C=O) groups is 2. The summed E-state index contributed by atoms with van der Waals surface area (Å²) < 4.78 is 0. The first-order valence-electron chi connectivity index (χ1n) is 7.59. The van der Waals surface area contributed by atoms with Gasteiger partial charge in [-0.1, -0.05) is 13.8 Å². The first-order valence-corrected chi connectivity index (χ1v) is 7.59. The van der Waals surface area contributed by atoms with Crippen molar-refractivity contribution < 1.29 is 14.7 Å². The van der Waals surface area contributed by atoms with E-state index in [1.54, 1.807) is 4.90 Å². The highest BCUT2D eigenvalue weighted by Crippen LogP contribution is 2.36. The highest BCUT2D eigenvalue weighted by atomic mass is 16.4. The third kappa shape index (κ3) is 2.97. The van der Waals surface area contributed by atoms with Crippen LogP contribution in [-0.4, -0.2) is 47.1 Å². The Bertz CT molecular complexity index is 395. The van der Waals surface area contributed by atoms with E-state index >= 15 is 0 Å². The van der Waals surface area contributed by atoms with Gasteiger partial charge in [0.2, 0.25) is 5.91 Å². The number of nitrogens with zero attached hydrogens (tertiary/aromatic N) is 1. The molecule has 2 heterocycles. The Morgan fingerprint density at radius 1 is 1.35 bits per heavy atom. The lowest BCUT2D eigenvalue weighted by Gasteiger charge is -2.45. The van der Waals surface area contributed by atoms with E-state index in [2.05, 4.69) is 12.2 Å². The summed E-state index contributed by atoms with van der Waals surface area (Å²) in [4.78, 5) is 26.0.